The van der Waals surface area contributed by atoms with Gasteiger partial charge >= 0.3 is 0 Å². The fourth-order valence-corrected chi connectivity index (χ4v) is 6.87. The number of carbonyl (C=O) groups is 1. The van der Waals surface area contributed by atoms with Crippen LogP contribution in [0.25, 0.3) is 0 Å². The van der Waals surface area contributed by atoms with Crippen molar-refractivity contribution in [3.8, 4) is 0 Å². The van der Waals surface area contributed by atoms with Crippen LogP contribution in [-0.2, 0) is 33.2 Å². The van der Waals surface area contributed by atoms with E-state index in [1.165, 1.54) is 0 Å². The molecule has 3 rings (SSSR count). The van der Waals surface area contributed by atoms with Gasteiger partial charge in [0.15, 0.2) is 18.9 Å². The van der Waals surface area contributed by atoms with Crippen molar-refractivity contribution in [1.29, 1.82) is 0 Å². The predicted octanol–water partition coefficient (Wildman–Crippen LogP) is -2.09. The largest absolute Gasteiger partial charge is 0.394 e. The molecule has 19 nitrogen and oxygen atoms in total. The molecule has 3 aliphatic heterocycles. The molecular formula is C40H69NO18. The fourth-order valence-electron chi connectivity index (χ4n) is 6.87. The van der Waals surface area contributed by atoms with Crippen molar-refractivity contribution in [3.63, 3.8) is 0 Å². The summed E-state index contributed by atoms with van der Waals surface area (Å²) < 4.78 is 33.7. The van der Waals surface area contributed by atoms with Gasteiger partial charge in [-0.2, -0.15) is 0 Å². The van der Waals surface area contributed by atoms with Crippen molar-refractivity contribution in [2.75, 3.05) is 26.4 Å². The van der Waals surface area contributed by atoms with Crippen molar-refractivity contribution in [1.82, 2.24) is 5.32 Å². The average molecular weight is 852 g/mol. The summed E-state index contributed by atoms with van der Waals surface area (Å²) in [4.78, 5) is 12.8. The molecule has 0 aliphatic carbocycles. The highest BCUT2D eigenvalue weighted by Gasteiger charge is 2.53. The first-order valence-electron chi connectivity index (χ1n) is 20.7. The van der Waals surface area contributed by atoms with E-state index >= 15 is 0 Å². The number of nitrogens with one attached hydrogen (secondary N) is 1. The van der Waals surface area contributed by atoms with Crippen LogP contribution in [-0.4, -0.2) is 193 Å². The van der Waals surface area contributed by atoms with Gasteiger partial charge in [0.2, 0.25) is 5.91 Å². The smallest absolute Gasteiger partial charge is 0.220 e. The van der Waals surface area contributed by atoms with Gasteiger partial charge < -0.3 is 89.9 Å². The number of aliphatic hydroxyl groups excluding tert-OH is 11. The third-order valence-electron chi connectivity index (χ3n) is 10.4. The molecule has 1 amide bonds. The molecule has 0 spiro atoms. The summed E-state index contributed by atoms with van der Waals surface area (Å²) in [6.07, 6.45) is -7.15. The first-order valence-corrected chi connectivity index (χ1v) is 20.7. The minimum Gasteiger partial charge on any atom is -0.394 e. The molecule has 0 aromatic heterocycles. The third kappa shape index (κ3) is 15.4. The van der Waals surface area contributed by atoms with Gasteiger partial charge in [0.1, 0.15) is 73.2 Å². The van der Waals surface area contributed by atoms with Gasteiger partial charge in [-0.1, -0.05) is 69.6 Å². The van der Waals surface area contributed by atoms with Gasteiger partial charge in [-0.25, -0.2) is 0 Å². The van der Waals surface area contributed by atoms with Crippen LogP contribution in [0.15, 0.2) is 36.5 Å². The minimum absolute atomic E-state index is 0.222. The molecule has 0 saturated carbocycles. The van der Waals surface area contributed by atoms with Crippen molar-refractivity contribution < 1.29 is 89.4 Å². The van der Waals surface area contributed by atoms with Crippen LogP contribution >= 0.6 is 0 Å². The number of rotatable bonds is 25. The predicted molar refractivity (Wildman–Crippen MR) is 208 cm³/mol. The lowest BCUT2D eigenvalue weighted by Crippen LogP contribution is -2.66. The summed E-state index contributed by atoms with van der Waals surface area (Å²) in [5.41, 5.74) is 0. The van der Waals surface area contributed by atoms with Crippen LogP contribution in [0.5, 0.6) is 0 Å². The van der Waals surface area contributed by atoms with E-state index < -0.39 is 124 Å². The molecule has 0 aromatic carbocycles. The molecule has 3 heterocycles. The molecule has 342 valence electrons. The van der Waals surface area contributed by atoms with Gasteiger partial charge in [0, 0.05) is 6.42 Å². The van der Waals surface area contributed by atoms with Gasteiger partial charge in [0.25, 0.3) is 0 Å². The van der Waals surface area contributed by atoms with Crippen LogP contribution in [0.2, 0.25) is 0 Å². The molecule has 17 atom stereocenters. The summed E-state index contributed by atoms with van der Waals surface area (Å²) in [7, 11) is 0. The van der Waals surface area contributed by atoms with Crippen molar-refractivity contribution in [3.05, 3.63) is 36.5 Å². The lowest BCUT2D eigenvalue weighted by Gasteiger charge is -2.48. The summed E-state index contributed by atoms with van der Waals surface area (Å²) in [6.45, 7) is 1.33. The molecule has 3 saturated heterocycles. The van der Waals surface area contributed by atoms with E-state index in [0.717, 1.165) is 44.9 Å². The molecule has 0 radical (unpaired) electrons. The van der Waals surface area contributed by atoms with E-state index in [1.807, 2.05) is 0 Å². The number of ether oxygens (including phenoxy) is 6. The van der Waals surface area contributed by atoms with Crippen LogP contribution in [0.4, 0.5) is 0 Å². The minimum atomic E-state index is -1.98. The second-order valence-electron chi connectivity index (χ2n) is 15.1. The van der Waals surface area contributed by atoms with Crippen molar-refractivity contribution >= 4 is 5.91 Å². The van der Waals surface area contributed by atoms with E-state index in [-0.39, 0.29) is 18.9 Å². The molecule has 3 aliphatic rings. The van der Waals surface area contributed by atoms with Crippen LogP contribution in [0, 0.1) is 0 Å². The third-order valence-corrected chi connectivity index (χ3v) is 10.4. The average Bonchev–Trinajstić information content (AvgIpc) is 3.23. The Hall–Kier alpha value is -1.99. The quantitative estimate of drug-likeness (QED) is 0.0346. The van der Waals surface area contributed by atoms with E-state index in [0.29, 0.717) is 12.8 Å². The maximum Gasteiger partial charge on any atom is 0.220 e. The Morgan fingerprint density at radius 1 is 0.610 bits per heavy atom. The Morgan fingerprint density at radius 3 is 1.64 bits per heavy atom. The number of aliphatic hydroxyl groups is 11. The van der Waals surface area contributed by atoms with Crippen LogP contribution < -0.4 is 5.32 Å². The van der Waals surface area contributed by atoms with Gasteiger partial charge in [0.05, 0.1) is 38.6 Å². The summed E-state index contributed by atoms with van der Waals surface area (Å²) in [6, 6.07) is -0.985. The molecule has 59 heavy (non-hydrogen) atoms. The van der Waals surface area contributed by atoms with E-state index in [2.05, 4.69) is 43.5 Å². The second-order valence-corrected chi connectivity index (χ2v) is 15.1. The van der Waals surface area contributed by atoms with Gasteiger partial charge in [-0.3, -0.25) is 4.79 Å². The Kier molecular flexibility index (Phi) is 23.6. The lowest BCUT2D eigenvalue weighted by molar-refractivity contribution is -0.379. The molecule has 0 bridgehead atoms. The Bertz CT molecular complexity index is 1250. The molecule has 0 aromatic rings. The number of unbranched alkanes of at least 4 members (excludes halogenated alkanes) is 5. The Balaban J connectivity index is 1.63. The summed E-state index contributed by atoms with van der Waals surface area (Å²) in [5.74, 6) is -0.315. The standard InChI is InChI=1S/C40H69NO18/c1-3-5-7-9-10-11-12-13-14-15-17-24(45)23(41-28(46)18-16-8-6-4-2)22-54-38-34(52)31(49)36(26(20-43)56-38)59-40-35(53)32(50)37(27(21-44)57-40)58-39-33(51)30(48)29(47)25(19-42)55-39/h5,7,11-12,15,17,23-27,29-40,42-45,47-53H,3-4,6,8-10,13-14,16,18-22H2,1-2H3,(H,41,46)/b7-5+,12-11+,17-15+. The maximum absolute atomic E-state index is 12.8. The fraction of sp³-hybridized carbons (Fsp3) is 0.825. The summed E-state index contributed by atoms with van der Waals surface area (Å²) >= 11 is 0. The number of hydrogen-bond acceptors (Lipinski definition) is 18. The number of carbonyl (C=O) groups excluding carboxylic acids is 1. The zero-order valence-electron chi connectivity index (χ0n) is 34.0. The highest BCUT2D eigenvalue weighted by Crippen LogP contribution is 2.32. The highest BCUT2D eigenvalue weighted by atomic mass is 16.8. The molecule has 19 heteroatoms. The summed E-state index contributed by atoms with van der Waals surface area (Å²) in [5, 5.41) is 118. The zero-order chi connectivity index (χ0) is 43.5. The molecule has 3 fully saturated rings. The SMILES string of the molecule is CC/C=C/CC/C=C/CC/C=C/C(O)C(COC1OC(CO)C(OC2OC(CO)C(OC3OC(CO)C(O)C(O)C3O)C(O)C2O)C(O)C1O)NC(=O)CCCCCC. The van der Waals surface area contributed by atoms with E-state index in [9.17, 15) is 61.0 Å². The zero-order valence-corrected chi connectivity index (χ0v) is 34.0. The Labute approximate surface area is 345 Å². The number of allylic oxidation sites excluding steroid dienone is 5. The van der Waals surface area contributed by atoms with E-state index in [1.54, 1.807) is 12.2 Å². The second kappa shape index (κ2) is 27.2. The van der Waals surface area contributed by atoms with Crippen molar-refractivity contribution in [2.45, 2.75) is 182 Å². The molecular weight excluding hydrogens is 782 g/mol. The maximum atomic E-state index is 12.8. The number of amides is 1. The highest BCUT2D eigenvalue weighted by molar-refractivity contribution is 5.76. The Morgan fingerprint density at radius 2 is 1.10 bits per heavy atom. The molecule has 12 N–H and O–H groups in total. The van der Waals surface area contributed by atoms with Crippen molar-refractivity contribution in [2.24, 2.45) is 0 Å². The van der Waals surface area contributed by atoms with E-state index in [4.69, 9.17) is 28.4 Å². The topological polar surface area (TPSA) is 307 Å². The monoisotopic (exact) mass is 851 g/mol. The van der Waals surface area contributed by atoms with Crippen LogP contribution in [0.1, 0.15) is 78.1 Å². The normalized spacial score (nSPS) is 36.7. The van der Waals surface area contributed by atoms with Gasteiger partial charge in [-0.05, 0) is 38.5 Å². The van der Waals surface area contributed by atoms with Gasteiger partial charge in [-0.15, -0.1) is 0 Å². The first-order chi connectivity index (χ1) is 28.3. The lowest BCUT2D eigenvalue weighted by atomic mass is 9.96. The van der Waals surface area contributed by atoms with Crippen LogP contribution in [0.3, 0.4) is 0 Å². The molecule has 17 unspecified atom stereocenters. The number of hydrogen-bond donors (Lipinski definition) is 12. The first kappa shape index (κ1) is 51.4.